The number of carbonyl (C=O) groups is 1. The maximum atomic E-state index is 12.4. The number of hydrogen-bond donors (Lipinski definition) is 1. The zero-order valence-electron chi connectivity index (χ0n) is 21.1. The normalized spacial score (nSPS) is 14.9. The first-order valence-corrected chi connectivity index (χ1v) is 13.8. The minimum atomic E-state index is -0.0140. The zero-order valence-corrected chi connectivity index (χ0v) is 21.1. The first-order valence-electron chi connectivity index (χ1n) is 13.8. The summed E-state index contributed by atoms with van der Waals surface area (Å²) >= 11 is 0. The van der Waals surface area contributed by atoms with Crippen molar-refractivity contribution in [2.45, 2.75) is 123 Å². The third-order valence-corrected chi connectivity index (χ3v) is 6.76. The Labute approximate surface area is 194 Å². The minimum absolute atomic E-state index is 0.0140. The Morgan fingerprint density at radius 3 is 1.77 bits per heavy atom. The molecule has 0 aliphatic carbocycles. The van der Waals surface area contributed by atoms with Gasteiger partial charge < -0.3 is 10.1 Å². The van der Waals surface area contributed by atoms with E-state index in [0.29, 0.717) is 13.2 Å². The Kier molecular flexibility index (Phi) is 19.5. The van der Waals surface area contributed by atoms with Gasteiger partial charge in [-0.25, -0.2) is 0 Å². The lowest BCUT2D eigenvalue weighted by atomic mass is 9.95. The molecule has 1 saturated heterocycles. The summed E-state index contributed by atoms with van der Waals surface area (Å²) < 4.78 is 5.62. The van der Waals surface area contributed by atoms with Crippen LogP contribution in [0.3, 0.4) is 0 Å². The molecule has 1 heterocycles. The number of ether oxygens (including phenoxy) is 1. The Balaban J connectivity index is 2.21. The second-order valence-corrected chi connectivity index (χ2v) is 9.72. The lowest BCUT2D eigenvalue weighted by Crippen LogP contribution is -2.33. The highest BCUT2D eigenvalue weighted by atomic mass is 16.5. The SMILES string of the molecule is CCCCCCCCCN(CCCCCCCCC)CC(=O)OCCC1CCNCC1. The first kappa shape index (κ1) is 28.4. The molecule has 0 aromatic carbocycles. The Morgan fingerprint density at radius 1 is 0.774 bits per heavy atom. The molecule has 0 radical (unpaired) electrons. The van der Waals surface area contributed by atoms with Crippen LogP contribution < -0.4 is 5.32 Å². The maximum absolute atomic E-state index is 12.4. The van der Waals surface area contributed by atoms with Gasteiger partial charge in [0.1, 0.15) is 0 Å². The zero-order chi connectivity index (χ0) is 22.4. The predicted octanol–water partition coefficient (Wildman–Crippen LogP) is 6.72. The van der Waals surface area contributed by atoms with E-state index >= 15 is 0 Å². The molecule has 4 heteroatoms. The number of nitrogens with zero attached hydrogens (tertiary/aromatic N) is 1. The maximum Gasteiger partial charge on any atom is 0.320 e. The van der Waals surface area contributed by atoms with Gasteiger partial charge in [0, 0.05) is 0 Å². The van der Waals surface area contributed by atoms with Crippen molar-refractivity contribution in [2.75, 3.05) is 39.3 Å². The molecule has 184 valence electrons. The van der Waals surface area contributed by atoms with Gasteiger partial charge in [-0.05, 0) is 64.2 Å². The van der Waals surface area contributed by atoms with Crippen LogP contribution in [-0.2, 0) is 9.53 Å². The quantitative estimate of drug-likeness (QED) is 0.159. The lowest BCUT2D eigenvalue weighted by molar-refractivity contribution is -0.145. The summed E-state index contributed by atoms with van der Waals surface area (Å²) in [7, 11) is 0. The van der Waals surface area contributed by atoms with Crippen molar-refractivity contribution in [1.82, 2.24) is 10.2 Å². The highest BCUT2D eigenvalue weighted by molar-refractivity contribution is 5.71. The van der Waals surface area contributed by atoms with E-state index in [-0.39, 0.29) is 5.97 Å². The van der Waals surface area contributed by atoms with Crippen molar-refractivity contribution < 1.29 is 9.53 Å². The van der Waals surface area contributed by atoms with Gasteiger partial charge >= 0.3 is 5.97 Å². The van der Waals surface area contributed by atoms with Crippen molar-refractivity contribution in [3.05, 3.63) is 0 Å². The molecule has 0 aromatic heterocycles. The highest BCUT2D eigenvalue weighted by Gasteiger charge is 2.15. The summed E-state index contributed by atoms with van der Waals surface area (Å²) in [6.45, 7) is 9.96. The van der Waals surface area contributed by atoms with Gasteiger partial charge in [-0.2, -0.15) is 0 Å². The first-order chi connectivity index (χ1) is 15.3. The molecule has 1 aliphatic rings. The predicted molar refractivity (Wildman–Crippen MR) is 134 cm³/mol. The topological polar surface area (TPSA) is 41.6 Å². The minimum Gasteiger partial charge on any atom is -0.465 e. The summed E-state index contributed by atoms with van der Waals surface area (Å²) in [4.78, 5) is 14.8. The van der Waals surface area contributed by atoms with Crippen LogP contribution in [0.5, 0.6) is 0 Å². The van der Waals surface area contributed by atoms with Crippen molar-refractivity contribution in [3.63, 3.8) is 0 Å². The molecule has 0 atom stereocenters. The molecule has 31 heavy (non-hydrogen) atoms. The van der Waals surface area contributed by atoms with Crippen LogP contribution >= 0.6 is 0 Å². The molecule has 0 bridgehead atoms. The number of carbonyl (C=O) groups excluding carboxylic acids is 1. The highest BCUT2D eigenvalue weighted by Crippen LogP contribution is 2.16. The van der Waals surface area contributed by atoms with Crippen molar-refractivity contribution >= 4 is 5.97 Å². The Morgan fingerprint density at radius 2 is 1.26 bits per heavy atom. The molecule has 1 rings (SSSR count). The van der Waals surface area contributed by atoms with Crippen LogP contribution in [0.25, 0.3) is 0 Å². The number of nitrogens with one attached hydrogen (secondary N) is 1. The molecule has 0 spiro atoms. The van der Waals surface area contributed by atoms with Crippen LogP contribution in [0.2, 0.25) is 0 Å². The number of hydrogen-bond acceptors (Lipinski definition) is 4. The monoisotopic (exact) mass is 438 g/mol. The molecular weight excluding hydrogens is 384 g/mol. The van der Waals surface area contributed by atoms with Crippen molar-refractivity contribution in [3.8, 4) is 0 Å². The summed E-state index contributed by atoms with van der Waals surface area (Å²) in [5.74, 6) is 0.713. The van der Waals surface area contributed by atoms with E-state index in [0.717, 1.165) is 38.5 Å². The van der Waals surface area contributed by atoms with Crippen LogP contribution in [0, 0.1) is 5.92 Å². The van der Waals surface area contributed by atoms with Gasteiger partial charge in [-0.3, -0.25) is 9.69 Å². The van der Waals surface area contributed by atoms with Gasteiger partial charge in [0.25, 0.3) is 0 Å². The molecule has 0 unspecified atom stereocenters. The molecule has 1 N–H and O–H groups in total. The summed E-state index contributed by atoms with van der Waals surface area (Å²) in [6, 6.07) is 0. The number of rotatable bonds is 21. The molecule has 1 fully saturated rings. The fourth-order valence-corrected chi connectivity index (χ4v) is 4.59. The standard InChI is InChI=1S/C27H54N2O2/c1-3-5-7-9-11-13-15-22-29(23-16-14-12-10-8-6-4-2)25-27(30)31-24-19-26-17-20-28-21-18-26/h26,28H,3-25H2,1-2H3. The summed E-state index contributed by atoms with van der Waals surface area (Å²) in [5.41, 5.74) is 0. The van der Waals surface area contributed by atoms with Gasteiger partial charge in [0.05, 0.1) is 13.2 Å². The van der Waals surface area contributed by atoms with E-state index in [1.54, 1.807) is 0 Å². The molecule has 4 nitrogen and oxygen atoms in total. The van der Waals surface area contributed by atoms with E-state index in [4.69, 9.17) is 4.74 Å². The summed E-state index contributed by atoms with van der Waals surface area (Å²) in [5, 5.41) is 3.40. The summed E-state index contributed by atoms with van der Waals surface area (Å²) in [6.07, 6.45) is 22.0. The fraction of sp³-hybridized carbons (Fsp3) is 0.963. The average molecular weight is 439 g/mol. The van der Waals surface area contributed by atoms with E-state index in [2.05, 4.69) is 24.1 Å². The van der Waals surface area contributed by atoms with Gasteiger partial charge in [-0.1, -0.05) is 90.9 Å². The average Bonchev–Trinajstić information content (AvgIpc) is 2.78. The van der Waals surface area contributed by atoms with Crippen LogP contribution in [0.1, 0.15) is 123 Å². The molecule has 1 aliphatic heterocycles. The number of unbranched alkanes of at least 4 members (excludes halogenated alkanes) is 12. The number of piperidine rings is 1. The third-order valence-electron chi connectivity index (χ3n) is 6.76. The second-order valence-electron chi connectivity index (χ2n) is 9.72. The molecule has 0 saturated carbocycles. The van der Waals surface area contributed by atoms with Gasteiger partial charge in [0.15, 0.2) is 0 Å². The smallest absolute Gasteiger partial charge is 0.320 e. The Hall–Kier alpha value is -0.610. The fourth-order valence-electron chi connectivity index (χ4n) is 4.59. The van der Waals surface area contributed by atoms with Crippen LogP contribution in [-0.4, -0.2) is 50.2 Å². The van der Waals surface area contributed by atoms with Gasteiger partial charge in [0.2, 0.25) is 0 Å². The van der Waals surface area contributed by atoms with E-state index in [1.165, 1.54) is 103 Å². The second kappa shape index (κ2) is 21.2. The molecule has 0 amide bonds. The van der Waals surface area contributed by atoms with Gasteiger partial charge in [-0.15, -0.1) is 0 Å². The molecular formula is C27H54N2O2. The van der Waals surface area contributed by atoms with E-state index in [9.17, 15) is 4.79 Å². The molecule has 0 aromatic rings. The largest absolute Gasteiger partial charge is 0.465 e. The van der Waals surface area contributed by atoms with Crippen molar-refractivity contribution in [1.29, 1.82) is 0 Å². The number of esters is 1. The van der Waals surface area contributed by atoms with Crippen molar-refractivity contribution in [2.24, 2.45) is 5.92 Å². The van der Waals surface area contributed by atoms with E-state index in [1.807, 2.05) is 0 Å². The van der Waals surface area contributed by atoms with Crippen LogP contribution in [0.4, 0.5) is 0 Å². The van der Waals surface area contributed by atoms with Crippen LogP contribution in [0.15, 0.2) is 0 Å². The lowest BCUT2D eigenvalue weighted by Gasteiger charge is -2.23. The third kappa shape index (κ3) is 17.6. The van der Waals surface area contributed by atoms with E-state index < -0.39 is 0 Å². The Bertz CT molecular complexity index is 379.